The zero-order valence-corrected chi connectivity index (χ0v) is 11.8. The van der Waals surface area contributed by atoms with Crippen LogP contribution in [-0.4, -0.2) is 25.8 Å². The Labute approximate surface area is 118 Å². The summed E-state index contributed by atoms with van der Waals surface area (Å²) in [6, 6.07) is 6.11. The van der Waals surface area contributed by atoms with Gasteiger partial charge >= 0.3 is 0 Å². The summed E-state index contributed by atoms with van der Waals surface area (Å²) in [5, 5.41) is 0.799. The number of hydrogen-bond acceptors (Lipinski definition) is 3. The molecular weight excluding hydrogens is 268 g/mol. The minimum absolute atomic E-state index is 0.721. The monoisotopic (exact) mass is 284 g/mol. The first-order valence-electron chi connectivity index (χ1n) is 5.76. The fourth-order valence-corrected chi connectivity index (χ4v) is 2.41. The number of thiol groups is 1. The molecule has 0 amide bonds. The normalized spacial score (nSPS) is 14.4. The van der Waals surface area contributed by atoms with Crippen LogP contribution in [0.2, 0.25) is 5.02 Å². The molecule has 2 nitrogen and oxygen atoms in total. The van der Waals surface area contributed by atoms with Gasteiger partial charge < -0.3 is 9.53 Å². The molecule has 1 aromatic rings. The molecule has 0 aliphatic carbocycles. The van der Waals surface area contributed by atoms with Crippen molar-refractivity contribution in [1.29, 1.82) is 0 Å². The number of rotatable bonds is 3. The molecule has 0 atom stereocenters. The van der Waals surface area contributed by atoms with E-state index in [2.05, 4.69) is 24.8 Å². The number of ether oxygens (including phenoxy) is 1. The van der Waals surface area contributed by atoms with Gasteiger partial charge in [0.25, 0.3) is 0 Å². The summed E-state index contributed by atoms with van der Waals surface area (Å²) in [5.41, 5.74) is 3.97. The van der Waals surface area contributed by atoms with Gasteiger partial charge in [-0.25, -0.2) is 0 Å². The second kappa shape index (κ2) is 8.35. The molecule has 0 unspecified atom stereocenters. The Hall–Kier alpha value is -0.770. The lowest BCUT2D eigenvalue weighted by Crippen LogP contribution is -2.05. The lowest BCUT2D eigenvalue weighted by atomic mass is 9.95. The number of benzene rings is 1. The molecule has 1 aromatic carbocycles. The van der Waals surface area contributed by atoms with Crippen molar-refractivity contribution in [3.8, 4) is 0 Å². The van der Waals surface area contributed by atoms with Crippen molar-refractivity contribution >= 4 is 36.6 Å². The van der Waals surface area contributed by atoms with Crippen LogP contribution in [0.4, 0.5) is 0 Å². The number of carbonyl (C=O) groups is 1. The van der Waals surface area contributed by atoms with E-state index in [9.17, 15) is 0 Å². The van der Waals surface area contributed by atoms with E-state index in [0.717, 1.165) is 36.8 Å². The van der Waals surface area contributed by atoms with Crippen molar-refractivity contribution in [2.75, 3.05) is 19.0 Å². The third-order valence-electron chi connectivity index (χ3n) is 2.76. The van der Waals surface area contributed by atoms with Crippen LogP contribution in [-0.2, 0) is 16.0 Å². The molecule has 1 aliphatic rings. The van der Waals surface area contributed by atoms with E-state index in [1.54, 1.807) is 0 Å². The molecular formula is C14H17ClO2S. The number of halogens is 1. The number of carbonyl (C=O) groups excluding carboxylic acids is 1. The molecule has 0 aromatic heterocycles. The summed E-state index contributed by atoms with van der Waals surface area (Å²) >= 11 is 10.3. The maximum absolute atomic E-state index is 8.00. The molecule has 0 spiro atoms. The van der Waals surface area contributed by atoms with E-state index >= 15 is 0 Å². The third-order valence-corrected chi connectivity index (χ3v) is 3.22. The summed E-state index contributed by atoms with van der Waals surface area (Å²) in [7, 11) is 0. The predicted molar refractivity (Wildman–Crippen MR) is 79.5 cm³/mol. The topological polar surface area (TPSA) is 26.3 Å². The summed E-state index contributed by atoms with van der Waals surface area (Å²) in [6.07, 6.45) is 4.10. The summed E-state index contributed by atoms with van der Waals surface area (Å²) in [4.78, 5) is 8.00. The van der Waals surface area contributed by atoms with Crippen LogP contribution in [0, 0.1) is 0 Å². The average molecular weight is 285 g/mol. The summed E-state index contributed by atoms with van der Waals surface area (Å²) in [6.45, 7) is 3.53. The second-order valence-corrected chi connectivity index (χ2v) is 4.71. The highest BCUT2D eigenvalue weighted by Crippen LogP contribution is 2.27. The molecule has 0 saturated carbocycles. The molecule has 2 rings (SSSR count). The Morgan fingerprint density at radius 2 is 2.17 bits per heavy atom. The first-order chi connectivity index (χ1) is 8.81. The van der Waals surface area contributed by atoms with Crippen LogP contribution in [0.1, 0.15) is 17.5 Å². The van der Waals surface area contributed by atoms with Crippen molar-refractivity contribution in [3.05, 3.63) is 40.4 Å². The van der Waals surface area contributed by atoms with Gasteiger partial charge in [0.15, 0.2) is 0 Å². The lowest BCUT2D eigenvalue weighted by Gasteiger charge is -2.17. The van der Waals surface area contributed by atoms with Crippen LogP contribution >= 0.6 is 24.2 Å². The molecule has 18 heavy (non-hydrogen) atoms. The zero-order valence-electron chi connectivity index (χ0n) is 10.2. The largest absolute Gasteiger partial charge is 0.377 e. The van der Waals surface area contributed by atoms with Crippen molar-refractivity contribution in [3.63, 3.8) is 0 Å². The minimum atomic E-state index is 0.721. The second-order valence-electron chi connectivity index (χ2n) is 3.83. The Morgan fingerprint density at radius 3 is 2.78 bits per heavy atom. The van der Waals surface area contributed by atoms with Crippen LogP contribution in [0.25, 0.3) is 5.57 Å². The van der Waals surface area contributed by atoms with Gasteiger partial charge in [-0.05, 0) is 47.4 Å². The Bertz CT molecular complexity index is 418. The Morgan fingerprint density at radius 1 is 1.39 bits per heavy atom. The van der Waals surface area contributed by atoms with E-state index in [1.807, 2.05) is 18.9 Å². The van der Waals surface area contributed by atoms with E-state index in [4.69, 9.17) is 21.1 Å². The van der Waals surface area contributed by atoms with E-state index in [0.29, 0.717) is 0 Å². The van der Waals surface area contributed by atoms with Gasteiger partial charge in [0.1, 0.15) is 6.79 Å². The van der Waals surface area contributed by atoms with E-state index in [1.165, 1.54) is 16.7 Å². The quantitative estimate of drug-likeness (QED) is 0.861. The molecule has 0 saturated heterocycles. The maximum Gasteiger partial charge on any atom is 0.106 e. The number of aryl methyl sites for hydroxylation is 1. The lowest BCUT2D eigenvalue weighted by molar-refractivity contribution is -0.0979. The van der Waals surface area contributed by atoms with Gasteiger partial charge in [0, 0.05) is 5.02 Å². The molecule has 98 valence electrons. The van der Waals surface area contributed by atoms with Crippen LogP contribution < -0.4 is 0 Å². The maximum atomic E-state index is 8.00. The van der Waals surface area contributed by atoms with Crippen LogP contribution in [0.15, 0.2) is 24.3 Å². The van der Waals surface area contributed by atoms with Crippen molar-refractivity contribution in [2.45, 2.75) is 12.8 Å². The molecule has 4 heteroatoms. The highest BCUT2D eigenvalue weighted by molar-refractivity contribution is 7.80. The zero-order chi connectivity index (χ0) is 13.4. The van der Waals surface area contributed by atoms with Crippen molar-refractivity contribution in [1.82, 2.24) is 0 Å². The average Bonchev–Trinajstić information content (AvgIpc) is 2.43. The molecule has 1 heterocycles. The van der Waals surface area contributed by atoms with Gasteiger partial charge in [0.05, 0.1) is 13.2 Å². The smallest absolute Gasteiger partial charge is 0.106 e. The van der Waals surface area contributed by atoms with Gasteiger partial charge in [-0.1, -0.05) is 23.7 Å². The molecule has 0 fully saturated rings. The fraction of sp³-hybridized carbons (Fsp3) is 0.357. The van der Waals surface area contributed by atoms with Crippen LogP contribution in [0.5, 0.6) is 0 Å². The van der Waals surface area contributed by atoms with Gasteiger partial charge in [0.2, 0.25) is 0 Å². The SMILES string of the molecule is C=O.SCCc1cc(Cl)ccc1C1=CCOCC1. The highest BCUT2D eigenvalue weighted by Gasteiger charge is 2.10. The van der Waals surface area contributed by atoms with Crippen molar-refractivity contribution in [2.24, 2.45) is 0 Å². The number of hydrogen-bond donors (Lipinski definition) is 1. The summed E-state index contributed by atoms with van der Waals surface area (Å²) in [5.74, 6) is 0.844. The predicted octanol–water partition coefficient (Wildman–Crippen LogP) is 3.43. The first-order valence-corrected chi connectivity index (χ1v) is 6.77. The minimum Gasteiger partial charge on any atom is -0.377 e. The standard InChI is InChI=1S/C13H15ClOS.CH2O/c14-12-1-2-13(11(9-12)5-8-16)10-3-6-15-7-4-10;1-2/h1-3,9,16H,4-8H2;1H2. The Balaban J connectivity index is 0.000000771. The van der Waals surface area contributed by atoms with Gasteiger partial charge in [-0.2, -0.15) is 12.6 Å². The summed E-state index contributed by atoms with van der Waals surface area (Å²) < 4.78 is 5.33. The molecule has 0 radical (unpaired) electrons. The highest BCUT2D eigenvalue weighted by atomic mass is 35.5. The first kappa shape index (κ1) is 15.3. The molecule has 0 N–H and O–H groups in total. The molecule has 1 aliphatic heterocycles. The van der Waals surface area contributed by atoms with Gasteiger partial charge in [-0.15, -0.1) is 0 Å². The van der Waals surface area contributed by atoms with Crippen molar-refractivity contribution < 1.29 is 9.53 Å². The van der Waals surface area contributed by atoms with E-state index in [-0.39, 0.29) is 0 Å². The Kier molecular flexibility index (Phi) is 7.09. The van der Waals surface area contributed by atoms with Gasteiger partial charge in [-0.3, -0.25) is 0 Å². The molecule has 0 bridgehead atoms. The third kappa shape index (κ3) is 4.16. The van der Waals surface area contributed by atoms with E-state index < -0.39 is 0 Å². The van der Waals surface area contributed by atoms with Crippen LogP contribution in [0.3, 0.4) is 0 Å². The fourth-order valence-electron chi connectivity index (χ4n) is 1.97.